The number of furan rings is 1. The van der Waals surface area contributed by atoms with Gasteiger partial charge in [-0.1, -0.05) is 91.0 Å². The molecule has 8 aromatic rings. The molecule has 41 heavy (non-hydrogen) atoms. The molecule has 4 nitrogen and oxygen atoms in total. The molecule has 1 aliphatic carbocycles. The molecule has 0 bridgehead atoms. The lowest BCUT2D eigenvalue weighted by molar-refractivity contribution is 0.466. The molecule has 0 unspecified atom stereocenters. The van der Waals surface area contributed by atoms with Crippen molar-refractivity contribution in [1.82, 2.24) is 14.5 Å². The van der Waals surface area contributed by atoms with Crippen LogP contribution in [0.4, 0.5) is 0 Å². The largest absolute Gasteiger partial charge is 0.459 e. The number of aromatic nitrogens is 3. The molecule has 0 spiro atoms. The Kier molecular flexibility index (Phi) is 4.36. The van der Waals surface area contributed by atoms with Gasteiger partial charge >= 0.3 is 0 Å². The second kappa shape index (κ2) is 7.92. The molecule has 0 saturated carbocycles. The van der Waals surface area contributed by atoms with Gasteiger partial charge < -0.3 is 4.42 Å². The van der Waals surface area contributed by atoms with Gasteiger partial charge in [0.2, 0.25) is 5.95 Å². The predicted molar refractivity (Wildman–Crippen MR) is 167 cm³/mol. The molecule has 0 radical (unpaired) electrons. The first-order valence-corrected chi connectivity index (χ1v) is 14.0. The molecule has 3 aromatic heterocycles. The average Bonchev–Trinajstić information content (AvgIpc) is 3.64. The van der Waals surface area contributed by atoms with E-state index in [1.54, 1.807) is 0 Å². The van der Waals surface area contributed by atoms with Crippen LogP contribution in [-0.4, -0.2) is 14.5 Å². The van der Waals surface area contributed by atoms with E-state index in [2.05, 4.69) is 115 Å². The van der Waals surface area contributed by atoms with Crippen molar-refractivity contribution in [2.75, 3.05) is 0 Å². The highest BCUT2D eigenvalue weighted by atomic mass is 16.3. The van der Waals surface area contributed by atoms with Crippen LogP contribution in [0.1, 0.15) is 25.2 Å². The fourth-order valence-electron chi connectivity index (χ4n) is 6.88. The fraction of sp³-hybridized carbons (Fsp3) is 0.0811. The van der Waals surface area contributed by atoms with Crippen LogP contribution < -0.4 is 0 Å². The number of rotatable bonds is 2. The van der Waals surface area contributed by atoms with Crippen LogP contribution in [0.5, 0.6) is 0 Å². The first kappa shape index (κ1) is 22.6. The summed E-state index contributed by atoms with van der Waals surface area (Å²) in [4.78, 5) is 10.3. The van der Waals surface area contributed by atoms with Crippen molar-refractivity contribution in [1.29, 1.82) is 0 Å². The highest BCUT2D eigenvalue weighted by Gasteiger charge is 2.40. The van der Waals surface area contributed by atoms with E-state index in [-0.39, 0.29) is 5.41 Å². The van der Waals surface area contributed by atoms with Gasteiger partial charge in [-0.05, 0) is 49.2 Å². The molecular weight excluding hydrogens is 502 g/mol. The van der Waals surface area contributed by atoms with E-state index in [4.69, 9.17) is 14.4 Å². The summed E-state index contributed by atoms with van der Waals surface area (Å²) in [5, 5.41) is 4.41. The van der Waals surface area contributed by atoms with Gasteiger partial charge in [-0.2, -0.15) is 0 Å². The number of fused-ring (bicyclic) bond motifs is 10. The van der Waals surface area contributed by atoms with Gasteiger partial charge in [0.15, 0.2) is 0 Å². The standard InChI is InChI=1S/C37H25N3O/c1-37(2)27-17-9-6-14-23(27)31-26-20-21-30-32(34(26)41-35(31)37)25-16-8-11-19-29(25)40(30)36-38-28-18-10-7-15-24(28)33(39-36)22-12-4-3-5-13-22/h3-21H,1-2H3. The lowest BCUT2D eigenvalue weighted by atomic mass is 9.86. The smallest absolute Gasteiger partial charge is 0.235 e. The molecule has 1 aliphatic rings. The Labute approximate surface area is 236 Å². The van der Waals surface area contributed by atoms with Crippen LogP contribution in [-0.2, 0) is 5.41 Å². The maximum atomic E-state index is 6.89. The van der Waals surface area contributed by atoms with Gasteiger partial charge in [0, 0.05) is 32.7 Å². The lowest BCUT2D eigenvalue weighted by Gasteiger charge is -2.18. The number of benzene rings is 5. The number of hydrogen-bond acceptors (Lipinski definition) is 3. The van der Waals surface area contributed by atoms with Crippen LogP contribution in [0.3, 0.4) is 0 Å². The second-order valence-electron chi connectivity index (χ2n) is 11.4. The Morgan fingerprint density at radius 1 is 0.634 bits per heavy atom. The summed E-state index contributed by atoms with van der Waals surface area (Å²) in [7, 11) is 0. The Morgan fingerprint density at radius 3 is 2.24 bits per heavy atom. The van der Waals surface area contributed by atoms with Gasteiger partial charge in [-0.25, -0.2) is 9.97 Å². The first-order chi connectivity index (χ1) is 20.1. The highest BCUT2D eigenvalue weighted by Crippen LogP contribution is 2.54. The van der Waals surface area contributed by atoms with Crippen molar-refractivity contribution in [3.63, 3.8) is 0 Å². The molecule has 4 heteroatoms. The normalized spacial score (nSPS) is 13.8. The Balaban J connectivity index is 1.40. The molecule has 0 N–H and O–H groups in total. The van der Waals surface area contributed by atoms with Crippen molar-refractivity contribution in [3.8, 4) is 28.3 Å². The molecule has 3 heterocycles. The number of hydrogen-bond donors (Lipinski definition) is 0. The first-order valence-electron chi connectivity index (χ1n) is 14.0. The van der Waals surface area contributed by atoms with Crippen LogP contribution in [0, 0.1) is 0 Å². The molecule has 194 valence electrons. The Hall–Kier alpha value is -5.22. The number of para-hydroxylation sites is 2. The third-order valence-corrected chi connectivity index (χ3v) is 8.77. The minimum absolute atomic E-state index is 0.207. The third-order valence-electron chi connectivity index (χ3n) is 8.77. The fourth-order valence-corrected chi connectivity index (χ4v) is 6.88. The molecule has 9 rings (SSSR count). The summed E-state index contributed by atoms with van der Waals surface area (Å²) < 4.78 is 9.08. The zero-order valence-corrected chi connectivity index (χ0v) is 22.7. The van der Waals surface area contributed by atoms with E-state index >= 15 is 0 Å². The summed E-state index contributed by atoms with van der Waals surface area (Å²) in [5.74, 6) is 1.68. The average molecular weight is 528 g/mol. The molecule has 0 amide bonds. The van der Waals surface area contributed by atoms with Crippen molar-refractivity contribution in [2.45, 2.75) is 19.3 Å². The molecule has 0 aliphatic heterocycles. The minimum Gasteiger partial charge on any atom is -0.459 e. The van der Waals surface area contributed by atoms with Gasteiger partial charge in [-0.15, -0.1) is 0 Å². The van der Waals surface area contributed by atoms with Crippen LogP contribution in [0.2, 0.25) is 0 Å². The molecular formula is C37H25N3O. The van der Waals surface area contributed by atoms with Crippen molar-refractivity contribution in [2.24, 2.45) is 0 Å². The minimum atomic E-state index is -0.207. The van der Waals surface area contributed by atoms with Gasteiger partial charge in [0.25, 0.3) is 0 Å². The topological polar surface area (TPSA) is 43.9 Å². The van der Waals surface area contributed by atoms with E-state index in [1.807, 2.05) is 18.2 Å². The summed E-state index contributed by atoms with van der Waals surface area (Å²) in [6.45, 7) is 4.52. The zero-order chi connectivity index (χ0) is 27.3. The molecule has 0 atom stereocenters. The predicted octanol–water partition coefficient (Wildman–Crippen LogP) is 9.45. The van der Waals surface area contributed by atoms with Crippen LogP contribution in [0.15, 0.2) is 120 Å². The van der Waals surface area contributed by atoms with Crippen LogP contribution in [0.25, 0.3) is 72.0 Å². The summed E-state index contributed by atoms with van der Waals surface area (Å²) in [6, 6.07) is 40.2. The Morgan fingerprint density at radius 2 is 1.37 bits per heavy atom. The van der Waals surface area contributed by atoms with E-state index in [0.29, 0.717) is 5.95 Å². The van der Waals surface area contributed by atoms with Crippen molar-refractivity contribution in [3.05, 3.63) is 127 Å². The third kappa shape index (κ3) is 2.94. The number of nitrogens with zero attached hydrogens (tertiary/aromatic N) is 3. The van der Waals surface area contributed by atoms with E-state index < -0.39 is 0 Å². The van der Waals surface area contributed by atoms with E-state index in [1.165, 1.54) is 16.7 Å². The maximum absolute atomic E-state index is 6.89. The second-order valence-corrected chi connectivity index (χ2v) is 11.4. The zero-order valence-electron chi connectivity index (χ0n) is 22.7. The van der Waals surface area contributed by atoms with Gasteiger partial charge in [0.1, 0.15) is 11.3 Å². The van der Waals surface area contributed by atoms with Crippen molar-refractivity contribution < 1.29 is 4.42 Å². The van der Waals surface area contributed by atoms with E-state index in [0.717, 1.165) is 60.7 Å². The molecule has 5 aromatic carbocycles. The SMILES string of the molecule is CC1(C)c2ccccc2-c2c1oc1c2ccc2c1c1ccccc1n2-c1nc(-c2ccccc2)c2ccccc2n1. The highest BCUT2D eigenvalue weighted by molar-refractivity contribution is 6.22. The molecule has 0 saturated heterocycles. The molecule has 0 fully saturated rings. The summed E-state index contributed by atoms with van der Waals surface area (Å²) in [6.07, 6.45) is 0. The lowest BCUT2D eigenvalue weighted by Crippen LogP contribution is -2.14. The monoisotopic (exact) mass is 527 g/mol. The van der Waals surface area contributed by atoms with Gasteiger partial charge in [-0.3, -0.25) is 4.57 Å². The van der Waals surface area contributed by atoms with Gasteiger partial charge in [0.05, 0.1) is 27.6 Å². The summed E-state index contributed by atoms with van der Waals surface area (Å²) >= 11 is 0. The van der Waals surface area contributed by atoms with Crippen molar-refractivity contribution >= 4 is 43.7 Å². The summed E-state index contributed by atoms with van der Waals surface area (Å²) in [5.41, 5.74) is 9.51. The van der Waals surface area contributed by atoms with E-state index in [9.17, 15) is 0 Å². The quantitative estimate of drug-likeness (QED) is 0.225. The van der Waals surface area contributed by atoms with Crippen LogP contribution >= 0.6 is 0 Å². The maximum Gasteiger partial charge on any atom is 0.235 e. The Bertz CT molecular complexity index is 2340.